The lowest BCUT2D eigenvalue weighted by atomic mass is 10.2. The molecule has 8 heteroatoms. The van der Waals surface area contributed by atoms with Gasteiger partial charge in [-0.2, -0.15) is 11.8 Å². The topological polar surface area (TPSA) is 95.5 Å². The van der Waals surface area contributed by atoms with Crippen molar-refractivity contribution in [3.05, 3.63) is 0 Å². The van der Waals surface area contributed by atoms with Crippen molar-refractivity contribution >= 4 is 27.7 Å². The van der Waals surface area contributed by atoms with Crippen molar-refractivity contribution < 1.29 is 18.3 Å². The Hall–Kier alpha value is -0.310. The second-order valence-electron chi connectivity index (χ2n) is 4.78. The zero-order valence-corrected chi connectivity index (χ0v) is 12.9. The van der Waals surface area contributed by atoms with Gasteiger partial charge in [-0.15, -0.1) is 0 Å². The summed E-state index contributed by atoms with van der Waals surface area (Å²) in [5, 5.41) is 11.9. The molecular formula is C11H22N2O4S2. The van der Waals surface area contributed by atoms with E-state index in [2.05, 4.69) is 10.0 Å². The zero-order valence-electron chi connectivity index (χ0n) is 11.3. The molecule has 0 bridgehead atoms. The van der Waals surface area contributed by atoms with Crippen LogP contribution in [-0.2, 0) is 14.8 Å². The Morgan fingerprint density at radius 2 is 2.11 bits per heavy atom. The Balaban J connectivity index is 2.64. The van der Waals surface area contributed by atoms with Gasteiger partial charge in [0.1, 0.15) is 6.04 Å². The maximum absolute atomic E-state index is 12.1. The van der Waals surface area contributed by atoms with Gasteiger partial charge in [0.25, 0.3) is 0 Å². The predicted octanol–water partition coefficient (Wildman–Crippen LogP) is -0.311. The van der Waals surface area contributed by atoms with Crippen molar-refractivity contribution in [2.45, 2.75) is 37.8 Å². The number of rotatable bonds is 9. The number of aliphatic hydroxyl groups is 1. The molecule has 19 heavy (non-hydrogen) atoms. The first-order valence-corrected chi connectivity index (χ1v) is 9.34. The van der Waals surface area contributed by atoms with Gasteiger partial charge in [-0.3, -0.25) is 4.79 Å². The van der Waals surface area contributed by atoms with Gasteiger partial charge in [-0.1, -0.05) is 0 Å². The summed E-state index contributed by atoms with van der Waals surface area (Å²) in [5.74, 6) is 0.287. The van der Waals surface area contributed by atoms with Crippen LogP contribution in [0.15, 0.2) is 0 Å². The van der Waals surface area contributed by atoms with Crippen LogP contribution in [-0.4, -0.2) is 55.4 Å². The molecule has 0 aliphatic heterocycles. The minimum atomic E-state index is -3.42. The molecule has 0 aromatic rings. The van der Waals surface area contributed by atoms with Crippen molar-refractivity contribution in [2.75, 3.05) is 24.4 Å². The van der Waals surface area contributed by atoms with E-state index in [1.807, 2.05) is 6.26 Å². The highest BCUT2D eigenvalue weighted by Gasteiger charge is 2.44. The third-order valence-electron chi connectivity index (χ3n) is 3.17. The average molecular weight is 310 g/mol. The van der Waals surface area contributed by atoms with Crippen molar-refractivity contribution in [1.29, 1.82) is 0 Å². The van der Waals surface area contributed by atoms with Crippen LogP contribution in [0.3, 0.4) is 0 Å². The number of thioether (sulfide) groups is 1. The van der Waals surface area contributed by atoms with Crippen LogP contribution in [0.5, 0.6) is 0 Å². The van der Waals surface area contributed by atoms with Crippen LogP contribution in [0, 0.1) is 0 Å². The number of nitrogens with one attached hydrogen (secondary N) is 2. The Morgan fingerprint density at radius 3 is 2.53 bits per heavy atom. The van der Waals surface area contributed by atoms with E-state index >= 15 is 0 Å². The molecule has 1 unspecified atom stereocenters. The second-order valence-corrected chi connectivity index (χ2v) is 7.81. The van der Waals surface area contributed by atoms with Gasteiger partial charge in [0, 0.05) is 0 Å². The third-order valence-corrected chi connectivity index (χ3v) is 5.22. The van der Waals surface area contributed by atoms with Gasteiger partial charge in [0.15, 0.2) is 0 Å². The fourth-order valence-electron chi connectivity index (χ4n) is 1.60. The van der Waals surface area contributed by atoms with Crippen LogP contribution in [0.25, 0.3) is 0 Å². The van der Waals surface area contributed by atoms with Gasteiger partial charge < -0.3 is 10.4 Å². The van der Waals surface area contributed by atoms with Crippen LogP contribution in [0.2, 0.25) is 0 Å². The zero-order chi connectivity index (χ0) is 14.5. The quantitative estimate of drug-likeness (QED) is 0.543. The SMILES string of the molecule is CCS(=O)(=O)NC(CCSC)C(=O)NC1(CO)CC1. The van der Waals surface area contributed by atoms with Crippen LogP contribution in [0.1, 0.15) is 26.2 Å². The summed E-state index contributed by atoms with van der Waals surface area (Å²) in [5.41, 5.74) is -0.521. The summed E-state index contributed by atoms with van der Waals surface area (Å²) in [7, 11) is -3.42. The van der Waals surface area contributed by atoms with E-state index in [0.717, 1.165) is 12.8 Å². The van der Waals surface area contributed by atoms with E-state index in [1.54, 1.807) is 11.8 Å². The molecule has 0 heterocycles. The molecule has 1 fully saturated rings. The summed E-state index contributed by atoms with van der Waals surface area (Å²) in [4.78, 5) is 12.1. The molecule has 1 saturated carbocycles. The summed E-state index contributed by atoms with van der Waals surface area (Å²) in [6.45, 7) is 1.43. The Bertz CT molecular complexity index is 407. The minimum absolute atomic E-state index is 0.0544. The highest BCUT2D eigenvalue weighted by Crippen LogP contribution is 2.34. The second kappa shape index (κ2) is 6.92. The lowest BCUT2D eigenvalue weighted by molar-refractivity contribution is -0.124. The largest absolute Gasteiger partial charge is 0.394 e. The first kappa shape index (κ1) is 16.7. The smallest absolute Gasteiger partial charge is 0.238 e. The highest BCUT2D eigenvalue weighted by molar-refractivity contribution is 7.98. The number of aliphatic hydroxyl groups excluding tert-OH is 1. The molecule has 1 aliphatic carbocycles. The van der Waals surface area contributed by atoms with Crippen LogP contribution < -0.4 is 10.0 Å². The number of sulfonamides is 1. The molecule has 0 saturated heterocycles. The van der Waals surface area contributed by atoms with E-state index in [9.17, 15) is 18.3 Å². The number of carbonyl (C=O) groups excluding carboxylic acids is 1. The predicted molar refractivity (Wildman–Crippen MR) is 76.6 cm³/mol. The maximum atomic E-state index is 12.1. The van der Waals surface area contributed by atoms with Gasteiger partial charge >= 0.3 is 0 Å². The Morgan fingerprint density at radius 1 is 1.47 bits per heavy atom. The minimum Gasteiger partial charge on any atom is -0.394 e. The lowest BCUT2D eigenvalue weighted by Gasteiger charge is -2.21. The van der Waals surface area contributed by atoms with E-state index in [-0.39, 0.29) is 18.3 Å². The van der Waals surface area contributed by atoms with E-state index in [1.165, 1.54) is 6.92 Å². The van der Waals surface area contributed by atoms with E-state index < -0.39 is 21.6 Å². The molecule has 6 nitrogen and oxygen atoms in total. The molecule has 1 amide bonds. The fraction of sp³-hybridized carbons (Fsp3) is 0.909. The highest BCUT2D eigenvalue weighted by atomic mass is 32.2. The Kier molecular flexibility index (Phi) is 6.10. The lowest BCUT2D eigenvalue weighted by Crippen LogP contribution is -2.52. The number of amides is 1. The molecule has 1 rings (SSSR count). The normalized spacial score (nSPS) is 18.9. The van der Waals surface area contributed by atoms with Crippen molar-refractivity contribution in [2.24, 2.45) is 0 Å². The van der Waals surface area contributed by atoms with Crippen LogP contribution >= 0.6 is 11.8 Å². The average Bonchev–Trinajstić information content (AvgIpc) is 3.14. The molecule has 0 radical (unpaired) electrons. The van der Waals surface area contributed by atoms with Crippen molar-refractivity contribution in [1.82, 2.24) is 10.0 Å². The monoisotopic (exact) mass is 310 g/mol. The maximum Gasteiger partial charge on any atom is 0.238 e. The molecule has 0 aromatic carbocycles. The van der Waals surface area contributed by atoms with Gasteiger partial charge in [0.05, 0.1) is 17.9 Å². The summed E-state index contributed by atoms with van der Waals surface area (Å²) < 4.78 is 25.6. The van der Waals surface area contributed by atoms with Gasteiger partial charge in [0.2, 0.25) is 15.9 Å². The number of carbonyl (C=O) groups is 1. The molecular weight excluding hydrogens is 288 g/mol. The molecule has 0 spiro atoms. The fourth-order valence-corrected chi connectivity index (χ4v) is 2.90. The standard InChI is InChI=1S/C11H22N2O4S2/c1-3-19(16,17)13-9(4-7-18-2)10(15)12-11(8-14)5-6-11/h9,13-14H,3-8H2,1-2H3,(H,12,15). The van der Waals surface area contributed by atoms with E-state index in [0.29, 0.717) is 12.2 Å². The molecule has 0 aromatic heterocycles. The van der Waals surface area contributed by atoms with E-state index in [4.69, 9.17) is 0 Å². The molecule has 1 aliphatic rings. The third kappa shape index (κ3) is 5.29. The Labute approximate surface area is 118 Å². The van der Waals surface area contributed by atoms with Crippen LogP contribution in [0.4, 0.5) is 0 Å². The molecule has 112 valence electrons. The summed E-state index contributed by atoms with van der Waals surface area (Å²) >= 11 is 1.56. The summed E-state index contributed by atoms with van der Waals surface area (Å²) in [6, 6.07) is -0.763. The van der Waals surface area contributed by atoms with Gasteiger partial charge in [-0.05, 0) is 38.2 Å². The number of hydrogen-bond donors (Lipinski definition) is 3. The first-order chi connectivity index (χ1) is 8.88. The van der Waals surface area contributed by atoms with Crippen molar-refractivity contribution in [3.8, 4) is 0 Å². The summed E-state index contributed by atoms with van der Waals surface area (Å²) in [6.07, 6.45) is 3.82. The molecule has 3 N–H and O–H groups in total. The van der Waals surface area contributed by atoms with Crippen molar-refractivity contribution in [3.63, 3.8) is 0 Å². The number of hydrogen-bond acceptors (Lipinski definition) is 5. The molecule has 1 atom stereocenters. The van der Waals surface area contributed by atoms with Gasteiger partial charge in [-0.25, -0.2) is 13.1 Å². The first-order valence-electron chi connectivity index (χ1n) is 6.30.